The largest absolute Gasteiger partial charge is 0.478 e. The van der Waals surface area contributed by atoms with Gasteiger partial charge in [0, 0.05) is 24.5 Å². The topological polar surface area (TPSA) is 55.1 Å². The standard InChI is InChI=1S/C13H14N2O2/c1-2-7-15-8-6-14-12(15)10-4-3-5-11(9-10)13(16)17/h3-6,8-9H,2,7H2,1H3,(H,16,17). The number of carboxylic acid groups (broad SMARTS) is 1. The molecule has 0 radical (unpaired) electrons. The fourth-order valence-corrected chi connectivity index (χ4v) is 1.78. The van der Waals surface area contributed by atoms with E-state index < -0.39 is 5.97 Å². The summed E-state index contributed by atoms with van der Waals surface area (Å²) in [4.78, 5) is 15.2. The summed E-state index contributed by atoms with van der Waals surface area (Å²) in [5.41, 5.74) is 1.12. The van der Waals surface area contributed by atoms with Gasteiger partial charge in [-0.15, -0.1) is 0 Å². The molecular weight excluding hydrogens is 216 g/mol. The zero-order valence-corrected chi connectivity index (χ0v) is 9.63. The molecule has 0 spiro atoms. The Morgan fingerprint density at radius 1 is 1.47 bits per heavy atom. The van der Waals surface area contributed by atoms with Gasteiger partial charge in [0.05, 0.1) is 5.56 Å². The van der Waals surface area contributed by atoms with Crippen molar-refractivity contribution in [3.63, 3.8) is 0 Å². The second kappa shape index (κ2) is 4.82. The number of benzene rings is 1. The van der Waals surface area contributed by atoms with Gasteiger partial charge in [-0.25, -0.2) is 9.78 Å². The molecule has 4 heteroatoms. The van der Waals surface area contributed by atoms with Crippen LogP contribution in [-0.4, -0.2) is 20.6 Å². The van der Waals surface area contributed by atoms with E-state index >= 15 is 0 Å². The maximum Gasteiger partial charge on any atom is 0.335 e. The first-order chi connectivity index (χ1) is 8.22. The van der Waals surface area contributed by atoms with Gasteiger partial charge >= 0.3 is 5.97 Å². The number of aromatic carboxylic acids is 1. The predicted octanol–water partition coefficient (Wildman–Crippen LogP) is 2.66. The highest BCUT2D eigenvalue weighted by molar-refractivity contribution is 5.89. The van der Waals surface area contributed by atoms with Crippen molar-refractivity contribution in [1.29, 1.82) is 0 Å². The van der Waals surface area contributed by atoms with Crippen molar-refractivity contribution in [3.8, 4) is 11.4 Å². The second-order valence-corrected chi connectivity index (χ2v) is 3.83. The van der Waals surface area contributed by atoms with Crippen molar-refractivity contribution in [1.82, 2.24) is 9.55 Å². The predicted molar refractivity (Wildman–Crippen MR) is 64.9 cm³/mol. The van der Waals surface area contributed by atoms with Crippen LogP contribution < -0.4 is 0 Å². The van der Waals surface area contributed by atoms with E-state index in [1.807, 2.05) is 16.8 Å². The monoisotopic (exact) mass is 230 g/mol. The lowest BCUT2D eigenvalue weighted by molar-refractivity contribution is 0.0697. The Hall–Kier alpha value is -2.10. The van der Waals surface area contributed by atoms with Gasteiger partial charge in [-0.05, 0) is 18.6 Å². The van der Waals surface area contributed by atoms with E-state index in [2.05, 4.69) is 11.9 Å². The Kier molecular flexibility index (Phi) is 3.23. The van der Waals surface area contributed by atoms with Crippen molar-refractivity contribution in [2.45, 2.75) is 19.9 Å². The third-order valence-corrected chi connectivity index (χ3v) is 2.55. The zero-order chi connectivity index (χ0) is 12.3. The molecular formula is C13H14N2O2. The quantitative estimate of drug-likeness (QED) is 0.878. The highest BCUT2D eigenvalue weighted by Crippen LogP contribution is 2.19. The van der Waals surface area contributed by atoms with E-state index in [0.29, 0.717) is 0 Å². The van der Waals surface area contributed by atoms with Crippen LogP contribution in [0.4, 0.5) is 0 Å². The summed E-state index contributed by atoms with van der Waals surface area (Å²) < 4.78 is 2.03. The van der Waals surface area contributed by atoms with Crippen LogP contribution in [-0.2, 0) is 6.54 Å². The molecule has 0 bridgehead atoms. The van der Waals surface area contributed by atoms with Gasteiger partial charge in [0.2, 0.25) is 0 Å². The average Bonchev–Trinajstić information content (AvgIpc) is 2.78. The number of carboxylic acids is 1. The number of imidazole rings is 1. The van der Waals surface area contributed by atoms with E-state index in [1.165, 1.54) is 0 Å². The fourth-order valence-electron chi connectivity index (χ4n) is 1.78. The summed E-state index contributed by atoms with van der Waals surface area (Å²) in [5.74, 6) is -0.101. The van der Waals surface area contributed by atoms with Crippen LogP contribution in [0.15, 0.2) is 36.7 Å². The number of carbonyl (C=O) groups is 1. The molecule has 0 unspecified atom stereocenters. The summed E-state index contributed by atoms with van der Waals surface area (Å²) in [6.45, 7) is 2.98. The first-order valence-corrected chi connectivity index (χ1v) is 5.57. The molecule has 2 aromatic rings. The maximum atomic E-state index is 10.9. The molecule has 88 valence electrons. The van der Waals surface area contributed by atoms with Crippen molar-refractivity contribution in [2.24, 2.45) is 0 Å². The second-order valence-electron chi connectivity index (χ2n) is 3.83. The Balaban J connectivity index is 2.42. The molecule has 1 aromatic heterocycles. The Labute approximate surface area is 99.5 Å². The molecule has 0 amide bonds. The summed E-state index contributed by atoms with van der Waals surface area (Å²) in [6, 6.07) is 6.85. The summed E-state index contributed by atoms with van der Waals surface area (Å²) in [7, 11) is 0. The fraction of sp³-hybridized carbons (Fsp3) is 0.231. The van der Waals surface area contributed by atoms with E-state index in [4.69, 9.17) is 5.11 Å². The van der Waals surface area contributed by atoms with Gasteiger partial charge in [-0.1, -0.05) is 19.1 Å². The van der Waals surface area contributed by atoms with Crippen molar-refractivity contribution < 1.29 is 9.90 Å². The van der Waals surface area contributed by atoms with Gasteiger partial charge in [0.15, 0.2) is 0 Å². The van der Waals surface area contributed by atoms with Crippen LogP contribution in [0, 0.1) is 0 Å². The van der Waals surface area contributed by atoms with Gasteiger partial charge in [0.1, 0.15) is 5.82 Å². The van der Waals surface area contributed by atoms with Gasteiger partial charge in [0.25, 0.3) is 0 Å². The van der Waals surface area contributed by atoms with Crippen LogP contribution in [0.5, 0.6) is 0 Å². The Morgan fingerprint density at radius 3 is 3.00 bits per heavy atom. The maximum absolute atomic E-state index is 10.9. The number of nitrogens with zero attached hydrogens (tertiary/aromatic N) is 2. The lowest BCUT2D eigenvalue weighted by atomic mass is 10.1. The van der Waals surface area contributed by atoms with Crippen LogP contribution in [0.25, 0.3) is 11.4 Å². The highest BCUT2D eigenvalue weighted by Gasteiger charge is 2.08. The zero-order valence-electron chi connectivity index (χ0n) is 9.63. The summed E-state index contributed by atoms with van der Waals surface area (Å²) in [5, 5.41) is 8.95. The molecule has 0 saturated heterocycles. The van der Waals surface area contributed by atoms with Crippen LogP contribution in [0.1, 0.15) is 23.7 Å². The van der Waals surface area contributed by atoms with Crippen LogP contribution in [0.2, 0.25) is 0 Å². The van der Waals surface area contributed by atoms with Crippen LogP contribution in [0.3, 0.4) is 0 Å². The summed E-state index contributed by atoms with van der Waals surface area (Å²) in [6.07, 6.45) is 4.66. The smallest absolute Gasteiger partial charge is 0.335 e. The minimum atomic E-state index is -0.916. The molecule has 1 aromatic carbocycles. The average molecular weight is 230 g/mol. The Bertz CT molecular complexity index is 532. The van der Waals surface area contributed by atoms with Gasteiger partial charge in [-0.3, -0.25) is 0 Å². The molecule has 4 nitrogen and oxygen atoms in total. The Morgan fingerprint density at radius 2 is 2.29 bits per heavy atom. The van der Waals surface area contributed by atoms with Crippen molar-refractivity contribution in [3.05, 3.63) is 42.2 Å². The van der Waals surface area contributed by atoms with Gasteiger partial charge in [-0.2, -0.15) is 0 Å². The molecule has 0 aliphatic carbocycles. The number of aryl methyl sites for hydroxylation is 1. The molecule has 0 atom stereocenters. The summed E-state index contributed by atoms with van der Waals surface area (Å²) >= 11 is 0. The first kappa shape index (κ1) is 11.4. The molecule has 1 N–H and O–H groups in total. The lowest BCUT2D eigenvalue weighted by Gasteiger charge is -2.06. The van der Waals surface area contributed by atoms with E-state index in [9.17, 15) is 4.79 Å². The normalized spacial score (nSPS) is 10.4. The molecule has 0 aliphatic heterocycles. The van der Waals surface area contributed by atoms with E-state index in [-0.39, 0.29) is 5.56 Å². The lowest BCUT2D eigenvalue weighted by Crippen LogP contribution is -2.00. The highest BCUT2D eigenvalue weighted by atomic mass is 16.4. The number of aromatic nitrogens is 2. The number of hydrogen-bond donors (Lipinski definition) is 1. The van der Waals surface area contributed by atoms with Crippen molar-refractivity contribution >= 4 is 5.97 Å². The van der Waals surface area contributed by atoms with Crippen LogP contribution >= 0.6 is 0 Å². The van der Waals surface area contributed by atoms with Crippen molar-refractivity contribution in [2.75, 3.05) is 0 Å². The van der Waals surface area contributed by atoms with E-state index in [1.54, 1.807) is 24.4 Å². The SMILES string of the molecule is CCCn1ccnc1-c1cccc(C(=O)O)c1. The molecule has 17 heavy (non-hydrogen) atoms. The molecule has 0 aliphatic rings. The first-order valence-electron chi connectivity index (χ1n) is 5.57. The molecule has 1 heterocycles. The third kappa shape index (κ3) is 2.36. The number of hydrogen-bond acceptors (Lipinski definition) is 2. The minimum Gasteiger partial charge on any atom is -0.478 e. The molecule has 0 saturated carbocycles. The molecule has 0 fully saturated rings. The van der Waals surface area contributed by atoms with E-state index in [0.717, 1.165) is 24.4 Å². The number of rotatable bonds is 4. The molecule has 2 rings (SSSR count). The third-order valence-electron chi connectivity index (χ3n) is 2.55. The van der Waals surface area contributed by atoms with Gasteiger partial charge < -0.3 is 9.67 Å². The minimum absolute atomic E-state index is 0.286.